The Morgan fingerprint density at radius 3 is 2.67 bits per heavy atom. The molecule has 0 aliphatic carbocycles. The minimum Gasteiger partial charge on any atom is -0.385 e. The van der Waals surface area contributed by atoms with Crippen molar-refractivity contribution >= 4 is 11.6 Å². The molecule has 2 aromatic rings. The lowest BCUT2D eigenvalue weighted by Gasteiger charge is -2.05. The molecule has 94 valence electrons. The summed E-state index contributed by atoms with van der Waals surface area (Å²) in [5, 5.41) is 0.733. The number of pyridine rings is 1. The van der Waals surface area contributed by atoms with E-state index in [1.54, 1.807) is 7.11 Å². The van der Waals surface area contributed by atoms with E-state index in [-0.39, 0.29) is 0 Å². The molecule has 0 aliphatic heterocycles. The van der Waals surface area contributed by atoms with Gasteiger partial charge in [-0.05, 0) is 30.5 Å². The van der Waals surface area contributed by atoms with E-state index in [2.05, 4.69) is 11.1 Å². The number of aromatic nitrogens is 1. The number of benzene rings is 1. The molecule has 0 radical (unpaired) electrons. The molecule has 0 aliphatic rings. The number of hydrogen-bond acceptors (Lipinski definition) is 2. The number of hydrogen-bond donors (Lipinski definition) is 0. The van der Waals surface area contributed by atoms with Gasteiger partial charge in [0.25, 0.3) is 0 Å². The van der Waals surface area contributed by atoms with Gasteiger partial charge in [-0.3, -0.25) is 4.98 Å². The standard InChI is InChI=1S/C15H16ClNO/c1-18-10-4-5-12-8-9-15(17-11-12)13-6-2-3-7-14(13)16/h2-3,6-9,11H,4-5,10H2,1H3. The number of methoxy groups -OCH3 is 1. The summed E-state index contributed by atoms with van der Waals surface area (Å²) in [4.78, 5) is 4.46. The van der Waals surface area contributed by atoms with Crippen LogP contribution in [0, 0.1) is 0 Å². The van der Waals surface area contributed by atoms with Gasteiger partial charge in [0.05, 0.1) is 5.69 Å². The van der Waals surface area contributed by atoms with Crippen LogP contribution in [-0.4, -0.2) is 18.7 Å². The topological polar surface area (TPSA) is 22.1 Å². The van der Waals surface area contributed by atoms with Crippen molar-refractivity contribution in [2.45, 2.75) is 12.8 Å². The zero-order valence-corrected chi connectivity index (χ0v) is 11.2. The fourth-order valence-electron chi connectivity index (χ4n) is 1.82. The van der Waals surface area contributed by atoms with Crippen LogP contribution in [0.4, 0.5) is 0 Å². The lowest BCUT2D eigenvalue weighted by atomic mass is 10.1. The van der Waals surface area contributed by atoms with Gasteiger partial charge in [-0.25, -0.2) is 0 Å². The number of ether oxygens (including phenoxy) is 1. The van der Waals surface area contributed by atoms with Gasteiger partial charge in [-0.2, -0.15) is 0 Å². The second kappa shape index (κ2) is 6.53. The van der Waals surface area contributed by atoms with Crippen molar-refractivity contribution in [1.82, 2.24) is 4.98 Å². The van der Waals surface area contributed by atoms with Crippen LogP contribution in [0.1, 0.15) is 12.0 Å². The molecule has 0 bridgehead atoms. The second-order valence-electron chi connectivity index (χ2n) is 4.13. The van der Waals surface area contributed by atoms with E-state index in [0.29, 0.717) is 0 Å². The first-order valence-electron chi connectivity index (χ1n) is 6.00. The monoisotopic (exact) mass is 261 g/mol. The van der Waals surface area contributed by atoms with Crippen LogP contribution < -0.4 is 0 Å². The largest absolute Gasteiger partial charge is 0.385 e. The summed E-state index contributed by atoms with van der Waals surface area (Å²) < 4.78 is 5.03. The van der Waals surface area contributed by atoms with E-state index in [1.807, 2.05) is 36.5 Å². The third-order valence-corrected chi connectivity index (χ3v) is 3.12. The molecule has 0 unspecified atom stereocenters. The highest BCUT2D eigenvalue weighted by Gasteiger charge is 2.03. The van der Waals surface area contributed by atoms with Gasteiger partial charge in [-0.15, -0.1) is 0 Å². The predicted octanol–water partition coefficient (Wildman–Crippen LogP) is 3.98. The van der Waals surface area contributed by atoms with Gasteiger partial charge >= 0.3 is 0 Å². The first-order valence-corrected chi connectivity index (χ1v) is 6.38. The number of rotatable bonds is 5. The van der Waals surface area contributed by atoms with Crippen LogP contribution in [0.15, 0.2) is 42.6 Å². The van der Waals surface area contributed by atoms with Crippen molar-refractivity contribution in [1.29, 1.82) is 0 Å². The minimum absolute atomic E-state index is 0.733. The van der Waals surface area contributed by atoms with Crippen LogP contribution in [0.5, 0.6) is 0 Å². The fourth-order valence-corrected chi connectivity index (χ4v) is 2.05. The third-order valence-electron chi connectivity index (χ3n) is 2.79. The van der Waals surface area contributed by atoms with E-state index in [1.165, 1.54) is 5.56 Å². The summed E-state index contributed by atoms with van der Waals surface area (Å²) in [5.74, 6) is 0. The fraction of sp³-hybridized carbons (Fsp3) is 0.267. The molecule has 2 nitrogen and oxygen atoms in total. The predicted molar refractivity (Wildman–Crippen MR) is 74.9 cm³/mol. The molecule has 1 aromatic heterocycles. The molecule has 0 N–H and O–H groups in total. The Hall–Kier alpha value is -1.38. The average Bonchev–Trinajstić information content (AvgIpc) is 2.41. The Kier molecular flexibility index (Phi) is 4.73. The normalized spacial score (nSPS) is 10.6. The van der Waals surface area contributed by atoms with E-state index in [0.717, 1.165) is 35.7 Å². The quantitative estimate of drug-likeness (QED) is 0.760. The molecule has 0 atom stereocenters. The van der Waals surface area contributed by atoms with Gasteiger partial charge < -0.3 is 4.74 Å². The number of halogens is 1. The molecule has 0 saturated heterocycles. The zero-order valence-electron chi connectivity index (χ0n) is 10.4. The van der Waals surface area contributed by atoms with Crippen molar-refractivity contribution in [2.75, 3.05) is 13.7 Å². The lowest BCUT2D eigenvalue weighted by Crippen LogP contribution is -1.94. The summed E-state index contributed by atoms with van der Waals surface area (Å²) in [6.07, 6.45) is 3.92. The Balaban J connectivity index is 2.10. The Labute approximate surface area is 113 Å². The van der Waals surface area contributed by atoms with Crippen molar-refractivity contribution in [2.24, 2.45) is 0 Å². The molecule has 18 heavy (non-hydrogen) atoms. The summed E-state index contributed by atoms with van der Waals surface area (Å²) in [5.41, 5.74) is 3.11. The van der Waals surface area contributed by atoms with Crippen LogP contribution in [0.2, 0.25) is 5.02 Å². The maximum Gasteiger partial charge on any atom is 0.0717 e. The Morgan fingerprint density at radius 1 is 1.17 bits per heavy atom. The molecule has 0 fully saturated rings. The van der Waals surface area contributed by atoms with Gasteiger partial charge in [-0.1, -0.05) is 35.9 Å². The van der Waals surface area contributed by atoms with Crippen LogP contribution in [0.3, 0.4) is 0 Å². The van der Waals surface area contributed by atoms with Gasteiger partial charge in [0.15, 0.2) is 0 Å². The SMILES string of the molecule is COCCCc1ccc(-c2ccccc2Cl)nc1. The molecular formula is C15H16ClNO. The minimum atomic E-state index is 0.733. The van der Waals surface area contributed by atoms with E-state index >= 15 is 0 Å². The molecular weight excluding hydrogens is 246 g/mol. The van der Waals surface area contributed by atoms with Crippen LogP contribution >= 0.6 is 11.6 Å². The first kappa shape index (κ1) is 13.1. The Bertz CT molecular complexity index is 496. The highest BCUT2D eigenvalue weighted by Crippen LogP contribution is 2.25. The number of aryl methyl sites for hydroxylation is 1. The maximum atomic E-state index is 6.14. The van der Waals surface area contributed by atoms with E-state index in [4.69, 9.17) is 16.3 Å². The lowest BCUT2D eigenvalue weighted by molar-refractivity contribution is 0.195. The van der Waals surface area contributed by atoms with Crippen LogP contribution in [-0.2, 0) is 11.2 Å². The van der Waals surface area contributed by atoms with Gasteiger partial charge in [0, 0.05) is 30.5 Å². The van der Waals surface area contributed by atoms with E-state index in [9.17, 15) is 0 Å². The summed E-state index contributed by atoms with van der Waals surface area (Å²) >= 11 is 6.14. The summed E-state index contributed by atoms with van der Waals surface area (Å²) in [7, 11) is 1.72. The zero-order chi connectivity index (χ0) is 12.8. The number of nitrogens with zero attached hydrogens (tertiary/aromatic N) is 1. The van der Waals surface area contributed by atoms with Crippen molar-refractivity contribution in [3.05, 3.63) is 53.2 Å². The molecule has 0 saturated carbocycles. The highest BCUT2D eigenvalue weighted by atomic mass is 35.5. The summed E-state index contributed by atoms with van der Waals surface area (Å²) in [6, 6.07) is 11.9. The van der Waals surface area contributed by atoms with Crippen molar-refractivity contribution in [3.8, 4) is 11.3 Å². The summed E-state index contributed by atoms with van der Waals surface area (Å²) in [6.45, 7) is 0.784. The Morgan fingerprint density at radius 2 is 2.00 bits per heavy atom. The molecule has 3 heteroatoms. The molecule has 0 spiro atoms. The second-order valence-corrected chi connectivity index (χ2v) is 4.54. The third kappa shape index (κ3) is 3.31. The van der Waals surface area contributed by atoms with E-state index < -0.39 is 0 Å². The van der Waals surface area contributed by atoms with Gasteiger partial charge in [0.1, 0.15) is 0 Å². The molecule has 2 rings (SSSR count). The van der Waals surface area contributed by atoms with Crippen LogP contribution in [0.25, 0.3) is 11.3 Å². The maximum absolute atomic E-state index is 6.14. The molecule has 1 heterocycles. The smallest absolute Gasteiger partial charge is 0.0717 e. The first-order chi connectivity index (χ1) is 8.81. The van der Waals surface area contributed by atoms with Gasteiger partial charge in [0.2, 0.25) is 0 Å². The van der Waals surface area contributed by atoms with Crippen molar-refractivity contribution in [3.63, 3.8) is 0 Å². The highest BCUT2D eigenvalue weighted by molar-refractivity contribution is 6.33. The molecule has 1 aromatic carbocycles. The average molecular weight is 262 g/mol. The van der Waals surface area contributed by atoms with Crippen molar-refractivity contribution < 1.29 is 4.74 Å². The molecule has 0 amide bonds.